The molecule has 1 heterocycles. The van der Waals surface area contributed by atoms with Crippen LogP contribution in [0.3, 0.4) is 0 Å². The summed E-state index contributed by atoms with van der Waals surface area (Å²) in [6, 6.07) is 13.8. The van der Waals surface area contributed by atoms with Gasteiger partial charge in [0.15, 0.2) is 0 Å². The lowest BCUT2D eigenvalue weighted by atomic mass is 9.87. The molecule has 0 aliphatic carbocycles. The van der Waals surface area contributed by atoms with Gasteiger partial charge in [0.2, 0.25) is 0 Å². The van der Waals surface area contributed by atoms with Crippen molar-refractivity contribution in [2.24, 2.45) is 0 Å². The molecule has 0 saturated carbocycles. The van der Waals surface area contributed by atoms with E-state index in [1.54, 1.807) is 18.2 Å². The van der Waals surface area contributed by atoms with E-state index < -0.39 is 0 Å². The highest BCUT2D eigenvalue weighted by molar-refractivity contribution is 6.36. The Bertz CT molecular complexity index is 823. The van der Waals surface area contributed by atoms with Crippen LogP contribution in [0.4, 0.5) is 10.5 Å². The fourth-order valence-electron chi connectivity index (χ4n) is 3.26. The molecule has 1 N–H and O–H groups in total. The van der Waals surface area contributed by atoms with Crippen LogP contribution in [0.25, 0.3) is 0 Å². The first kappa shape index (κ1) is 21.0. The first-order valence-electron chi connectivity index (χ1n) is 9.55. The van der Waals surface area contributed by atoms with Crippen LogP contribution < -0.4 is 5.32 Å². The van der Waals surface area contributed by atoms with Crippen LogP contribution in [-0.4, -0.2) is 42.0 Å². The van der Waals surface area contributed by atoms with E-state index in [1.807, 2.05) is 4.90 Å². The molecule has 0 atom stereocenters. The van der Waals surface area contributed by atoms with Crippen molar-refractivity contribution in [2.45, 2.75) is 32.7 Å². The van der Waals surface area contributed by atoms with Gasteiger partial charge >= 0.3 is 6.03 Å². The number of nitrogens with zero attached hydrogens (tertiary/aromatic N) is 2. The van der Waals surface area contributed by atoms with Gasteiger partial charge in [0.25, 0.3) is 0 Å². The normalized spacial score (nSPS) is 15.5. The third kappa shape index (κ3) is 5.40. The van der Waals surface area contributed by atoms with Gasteiger partial charge in [0.1, 0.15) is 0 Å². The first-order chi connectivity index (χ1) is 13.2. The molecule has 0 unspecified atom stereocenters. The maximum atomic E-state index is 12.5. The van der Waals surface area contributed by atoms with Crippen molar-refractivity contribution in [1.82, 2.24) is 9.80 Å². The topological polar surface area (TPSA) is 35.6 Å². The second-order valence-corrected chi connectivity index (χ2v) is 9.11. The molecule has 2 aromatic carbocycles. The van der Waals surface area contributed by atoms with E-state index in [0.29, 0.717) is 28.8 Å². The molecule has 0 radical (unpaired) electrons. The average molecular weight is 420 g/mol. The molecule has 1 aliphatic heterocycles. The molecule has 150 valence electrons. The number of hydrogen-bond acceptors (Lipinski definition) is 2. The molecular formula is C22H27Cl2N3O. The van der Waals surface area contributed by atoms with Gasteiger partial charge in [0.05, 0.1) is 10.7 Å². The largest absolute Gasteiger partial charge is 0.322 e. The van der Waals surface area contributed by atoms with E-state index in [0.717, 1.165) is 19.6 Å². The molecule has 2 amide bonds. The molecule has 28 heavy (non-hydrogen) atoms. The van der Waals surface area contributed by atoms with Crippen LogP contribution in [0.5, 0.6) is 0 Å². The molecule has 4 nitrogen and oxygen atoms in total. The average Bonchev–Trinajstić information content (AvgIpc) is 2.64. The van der Waals surface area contributed by atoms with Crippen LogP contribution in [0, 0.1) is 0 Å². The minimum atomic E-state index is -0.126. The summed E-state index contributed by atoms with van der Waals surface area (Å²) in [5.74, 6) is 0. The van der Waals surface area contributed by atoms with Crippen molar-refractivity contribution in [1.29, 1.82) is 0 Å². The summed E-state index contributed by atoms with van der Waals surface area (Å²) >= 11 is 12.0. The predicted octanol–water partition coefficient (Wildman–Crippen LogP) is 5.64. The third-order valence-electron chi connectivity index (χ3n) is 5.06. The lowest BCUT2D eigenvalue weighted by molar-refractivity contribution is 0.143. The zero-order chi connectivity index (χ0) is 20.3. The summed E-state index contributed by atoms with van der Waals surface area (Å²) in [5.41, 5.74) is 3.40. The molecule has 0 bridgehead atoms. The molecule has 0 aromatic heterocycles. The van der Waals surface area contributed by atoms with Crippen LogP contribution in [0.15, 0.2) is 42.5 Å². The monoisotopic (exact) mass is 419 g/mol. The number of anilines is 1. The fourth-order valence-corrected chi connectivity index (χ4v) is 3.72. The molecule has 1 saturated heterocycles. The summed E-state index contributed by atoms with van der Waals surface area (Å²) in [7, 11) is 0. The van der Waals surface area contributed by atoms with E-state index in [9.17, 15) is 4.79 Å². The second kappa shape index (κ2) is 8.73. The van der Waals surface area contributed by atoms with Crippen LogP contribution >= 0.6 is 23.2 Å². The first-order valence-corrected chi connectivity index (χ1v) is 10.3. The lowest BCUT2D eigenvalue weighted by Gasteiger charge is -2.34. The quantitative estimate of drug-likeness (QED) is 0.698. The Kier molecular flexibility index (Phi) is 6.54. The molecular weight excluding hydrogens is 393 g/mol. The molecule has 3 rings (SSSR count). The smallest absolute Gasteiger partial charge is 0.321 e. The van der Waals surface area contributed by atoms with Crippen molar-refractivity contribution in [3.05, 3.63) is 63.6 Å². The fraction of sp³-hybridized carbons (Fsp3) is 0.409. The van der Waals surface area contributed by atoms with Gasteiger partial charge in [-0.1, -0.05) is 68.2 Å². The van der Waals surface area contributed by atoms with Gasteiger partial charge in [-0.05, 0) is 34.7 Å². The van der Waals surface area contributed by atoms with E-state index in [-0.39, 0.29) is 11.4 Å². The van der Waals surface area contributed by atoms with Gasteiger partial charge in [-0.15, -0.1) is 0 Å². The Morgan fingerprint density at radius 1 is 1.00 bits per heavy atom. The van der Waals surface area contributed by atoms with E-state index in [2.05, 4.69) is 55.3 Å². The zero-order valence-electron chi connectivity index (χ0n) is 16.6. The predicted molar refractivity (Wildman–Crippen MR) is 117 cm³/mol. The number of hydrogen-bond donors (Lipinski definition) is 1. The summed E-state index contributed by atoms with van der Waals surface area (Å²) in [5, 5.41) is 3.86. The Morgan fingerprint density at radius 2 is 1.64 bits per heavy atom. The van der Waals surface area contributed by atoms with Crippen molar-refractivity contribution in [3.8, 4) is 0 Å². The number of urea groups is 1. The number of carbonyl (C=O) groups excluding carboxylic acids is 1. The van der Waals surface area contributed by atoms with Crippen LogP contribution in [-0.2, 0) is 12.0 Å². The zero-order valence-corrected chi connectivity index (χ0v) is 18.1. The van der Waals surface area contributed by atoms with Crippen molar-refractivity contribution >= 4 is 34.9 Å². The van der Waals surface area contributed by atoms with Crippen molar-refractivity contribution in [3.63, 3.8) is 0 Å². The van der Waals surface area contributed by atoms with Crippen molar-refractivity contribution < 1.29 is 4.79 Å². The maximum Gasteiger partial charge on any atom is 0.321 e. The summed E-state index contributed by atoms with van der Waals surface area (Å²) in [4.78, 5) is 16.7. The van der Waals surface area contributed by atoms with E-state index >= 15 is 0 Å². The second-order valence-electron chi connectivity index (χ2n) is 8.26. The molecule has 1 fully saturated rings. The van der Waals surface area contributed by atoms with Crippen molar-refractivity contribution in [2.75, 3.05) is 31.5 Å². The number of halogens is 2. The Hall–Kier alpha value is -1.75. The number of rotatable bonds is 3. The minimum absolute atomic E-state index is 0.126. The van der Waals surface area contributed by atoms with Crippen LogP contribution in [0.1, 0.15) is 31.9 Å². The molecule has 6 heteroatoms. The number of amides is 2. The number of nitrogens with one attached hydrogen (secondary N) is 1. The lowest BCUT2D eigenvalue weighted by Crippen LogP contribution is -2.49. The van der Waals surface area contributed by atoms with E-state index in [1.165, 1.54) is 11.1 Å². The molecule has 2 aromatic rings. The van der Waals surface area contributed by atoms with Crippen LogP contribution in [0.2, 0.25) is 10.0 Å². The van der Waals surface area contributed by atoms with E-state index in [4.69, 9.17) is 23.2 Å². The Balaban J connectivity index is 1.50. The number of piperazine rings is 1. The SMILES string of the molecule is CC(C)(C)c1ccc(CN2CCN(C(=O)Nc3ccc(Cl)cc3Cl)CC2)cc1. The van der Waals surface area contributed by atoms with Gasteiger partial charge in [-0.3, -0.25) is 4.90 Å². The number of benzene rings is 2. The standard InChI is InChI=1S/C22H27Cl2N3O/c1-22(2,3)17-6-4-16(5-7-17)15-26-10-12-27(13-11-26)21(28)25-20-9-8-18(23)14-19(20)24/h4-9,14H,10-13,15H2,1-3H3,(H,25,28). The highest BCUT2D eigenvalue weighted by Crippen LogP contribution is 2.26. The highest BCUT2D eigenvalue weighted by Gasteiger charge is 2.22. The Labute approximate surface area is 177 Å². The molecule has 0 spiro atoms. The molecule has 1 aliphatic rings. The summed E-state index contributed by atoms with van der Waals surface area (Å²) in [6.45, 7) is 10.7. The summed E-state index contributed by atoms with van der Waals surface area (Å²) in [6.07, 6.45) is 0. The van der Waals surface area contributed by atoms with Gasteiger partial charge in [-0.2, -0.15) is 0 Å². The number of carbonyl (C=O) groups is 1. The highest BCUT2D eigenvalue weighted by atomic mass is 35.5. The summed E-state index contributed by atoms with van der Waals surface area (Å²) < 4.78 is 0. The third-order valence-corrected chi connectivity index (χ3v) is 5.61. The Morgan fingerprint density at radius 3 is 2.21 bits per heavy atom. The minimum Gasteiger partial charge on any atom is -0.322 e. The maximum absolute atomic E-state index is 12.5. The van der Waals surface area contributed by atoms with Gasteiger partial charge < -0.3 is 10.2 Å². The van der Waals surface area contributed by atoms with Gasteiger partial charge in [0, 0.05) is 37.7 Å². The van der Waals surface area contributed by atoms with Gasteiger partial charge in [-0.25, -0.2) is 4.79 Å².